The largest absolute Gasteiger partial charge is 0.370 e. The highest BCUT2D eigenvalue weighted by Crippen LogP contribution is 2.26. The molecule has 33 heavy (non-hydrogen) atoms. The summed E-state index contributed by atoms with van der Waals surface area (Å²) in [6.07, 6.45) is 3.87. The van der Waals surface area contributed by atoms with Crippen LogP contribution in [-0.4, -0.2) is 38.8 Å². The van der Waals surface area contributed by atoms with Gasteiger partial charge in [0.25, 0.3) is 0 Å². The molecule has 6 nitrogen and oxygen atoms in total. The molecule has 0 radical (unpaired) electrons. The zero-order valence-corrected chi connectivity index (χ0v) is 21.2. The highest BCUT2D eigenvalue weighted by atomic mass is 35.5. The van der Waals surface area contributed by atoms with E-state index in [2.05, 4.69) is 76.4 Å². The van der Waals surface area contributed by atoms with E-state index in [1.807, 2.05) is 27.1 Å². The molecule has 1 heterocycles. The van der Waals surface area contributed by atoms with Crippen molar-refractivity contribution < 1.29 is 0 Å². The van der Waals surface area contributed by atoms with Gasteiger partial charge in [-0.05, 0) is 81.8 Å². The third-order valence-corrected chi connectivity index (χ3v) is 6.24. The predicted octanol–water partition coefficient (Wildman–Crippen LogP) is 5.50. The van der Waals surface area contributed by atoms with Crippen LogP contribution in [0.5, 0.6) is 0 Å². The van der Waals surface area contributed by atoms with Crippen molar-refractivity contribution in [1.29, 1.82) is 0 Å². The van der Waals surface area contributed by atoms with Gasteiger partial charge in [0, 0.05) is 54.3 Å². The molecule has 0 aliphatic carbocycles. The minimum atomic E-state index is -0.0837. The van der Waals surface area contributed by atoms with Crippen LogP contribution in [0.4, 0.5) is 17.1 Å². The van der Waals surface area contributed by atoms with Crippen molar-refractivity contribution in [1.82, 2.24) is 10.6 Å². The molecule has 1 unspecified atom stereocenters. The Hall–Kier alpha value is -2.70. The Morgan fingerprint density at radius 2 is 1.76 bits per heavy atom. The zero-order chi connectivity index (χ0) is 23.8. The Labute approximate surface area is 203 Å². The van der Waals surface area contributed by atoms with Gasteiger partial charge in [-0.15, -0.1) is 0 Å². The maximum Gasteiger partial charge on any atom is 0.201 e. The van der Waals surface area contributed by atoms with Crippen molar-refractivity contribution >= 4 is 34.6 Å². The number of nitrogens with one attached hydrogen (secondary N) is 4. The molecule has 0 aromatic heterocycles. The zero-order valence-electron chi connectivity index (χ0n) is 20.4. The number of anilines is 3. The van der Waals surface area contributed by atoms with Crippen molar-refractivity contribution in [3.8, 4) is 0 Å². The molecular weight excluding hydrogens is 432 g/mol. The molecule has 1 atom stereocenters. The Bertz CT molecular complexity index is 960. The maximum absolute atomic E-state index is 6.34. The highest BCUT2D eigenvalue weighted by molar-refractivity contribution is 6.32. The molecule has 2 aromatic rings. The van der Waals surface area contributed by atoms with Gasteiger partial charge < -0.3 is 26.2 Å². The molecule has 0 saturated carbocycles. The van der Waals surface area contributed by atoms with Crippen molar-refractivity contribution in [3.63, 3.8) is 0 Å². The van der Waals surface area contributed by atoms with E-state index in [9.17, 15) is 0 Å². The summed E-state index contributed by atoms with van der Waals surface area (Å²) in [4.78, 5) is 7.31. The second kappa shape index (κ2) is 12.0. The second-order valence-electron chi connectivity index (χ2n) is 8.66. The topological polar surface area (TPSA) is 63.7 Å². The van der Waals surface area contributed by atoms with Crippen molar-refractivity contribution in [2.75, 3.05) is 42.2 Å². The average molecular weight is 469 g/mol. The Morgan fingerprint density at radius 3 is 2.39 bits per heavy atom. The second-order valence-corrected chi connectivity index (χ2v) is 9.04. The average Bonchev–Trinajstić information content (AvgIpc) is 2.96. The number of guanidine groups is 1. The number of hydrogen-bond acceptors (Lipinski definition) is 6. The first-order valence-electron chi connectivity index (χ1n) is 11.7. The van der Waals surface area contributed by atoms with Crippen molar-refractivity contribution in [3.05, 3.63) is 64.3 Å². The number of hydrogen-bond donors (Lipinski definition) is 4. The van der Waals surface area contributed by atoms with Gasteiger partial charge in [-0.2, -0.15) is 0 Å². The van der Waals surface area contributed by atoms with Gasteiger partial charge >= 0.3 is 0 Å². The molecule has 2 aromatic carbocycles. The van der Waals surface area contributed by atoms with Crippen LogP contribution < -0.4 is 26.2 Å². The minimum absolute atomic E-state index is 0.0837. The van der Waals surface area contributed by atoms with Crippen molar-refractivity contribution in [2.45, 2.75) is 46.7 Å². The molecule has 4 N–H and O–H groups in total. The molecule has 7 heteroatoms. The summed E-state index contributed by atoms with van der Waals surface area (Å²) in [6, 6.07) is 12.7. The van der Waals surface area contributed by atoms with Gasteiger partial charge in [-0.1, -0.05) is 24.1 Å². The normalized spacial score (nSPS) is 15.8. The lowest BCUT2D eigenvalue weighted by Gasteiger charge is -2.24. The molecule has 0 spiro atoms. The quantitative estimate of drug-likeness (QED) is 0.391. The van der Waals surface area contributed by atoms with Crippen LogP contribution >= 0.6 is 11.6 Å². The standard InChI is InChI=1S/C26H37ClN6/c1-6-12-33(13-11-28-5)23-9-7-21(8-10-23)31-26-29-17-18(2)14-24(32-26)30-22-15-19(3)25(27)20(4)16-22/h7-10,15-17,24,28,30H,6,11-14H2,1-5H3,(H2,29,31,32). The summed E-state index contributed by atoms with van der Waals surface area (Å²) in [5, 5.41) is 14.3. The molecule has 0 bridgehead atoms. The fraction of sp³-hybridized carbons (Fsp3) is 0.423. The lowest BCUT2D eigenvalue weighted by atomic mass is 10.1. The number of rotatable bonds is 9. The molecule has 3 rings (SSSR count). The molecule has 0 saturated heterocycles. The Morgan fingerprint density at radius 1 is 1.06 bits per heavy atom. The molecule has 1 aliphatic heterocycles. The fourth-order valence-corrected chi connectivity index (χ4v) is 4.06. The highest BCUT2D eigenvalue weighted by Gasteiger charge is 2.15. The monoisotopic (exact) mass is 468 g/mol. The van der Waals surface area contributed by atoms with Gasteiger partial charge in [0.2, 0.25) is 5.96 Å². The summed E-state index contributed by atoms with van der Waals surface area (Å²) >= 11 is 6.34. The predicted molar refractivity (Wildman–Crippen MR) is 144 cm³/mol. The number of aryl methyl sites for hydroxylation is 2. The first-order chi connectivity index (χ1) is 15.9. The van der Waals surface area contributed by atoms with E-state index in [0.717, 1.165) is 66.0 Å². The first kappa shape index (κ1) is 24.9. The number of nitrogens with zero attached hydrogens (tertiary/aromatic N) is 2. The summed E-state index contributed by atoms with van der Waals surface area (Å²) in [6.45, 7) is 11.4. The number of halogens is 1. The van der Waals surface area contributed by atoms with Crippen LogP contribution in [0.15, 0.2) is 53.2 Å². The van der Waals surface area contributed by atoms with E-state index >= 15 is 0 Å². The Kier molecular flexibility index (Phi) is 9.03. The van der Waals surface area contributed by atoms with Crippen LogP contribution in [0.2, 0.25) is 5.02 Å². The smallest absolute Gasteiger partial charge is 0.201 e. The van der Waals surface area contributed by atoms with E-state index in [4.69, 9.17) is 16.6 Å². The first-order valence-corrected chi connectivity index (χ1v) is 12.1. The third kappa shape index (κ3) is 7.14. The number of aliphatic imine (C=N–C) groups is 1. The lowest BCUT2D eigenvalue weighted by molar-refractivity contribution is 0.710. The van der Waals surface area contributed by atoms with Crippen LogP contribution in [0.1, 0.15) is 37.8 Å². The van der Waals surface area contributed by atoms with E-state index < -0.39 is 0 Å². The number of likely N-dealkylation sites (N-methyl/N-ethyl adjacent to an activating group) is 1. The fourth-order valence-electron chi connectivity index (χ4n) is 3.95. The van der Waals surface area contributed by atoms with Crippen LogP contribution in [0, 0.1) is 13.8 Å². The summed E-state index contributed by atoms with van der Waals surface area (Å²) in [7, 11) is 1.99. The molecule has 1 aliphatic rings. The molecule has 178 valence electrons. The minimum Gasteiger partial charge on any atom is -0.370 e. The summed E-state index contributed by atoms with van der Waals surface area (Å²) in [5.41, 5.74) is 6.61. The van der Waals surface area contributed by atoms with E-state index in [0.29, 0.717) is 0 Å². The van der Waals surface area contributed by atoms with Gasteiger partial charge in [-0.3, -0.25) is 0 Å². The van der Waals surface area contributed by atoms with Gasteiger partial charge in [0.1, 0.15) is 6.17 Å². The molecule has 0 amide bonds. The molecular formula is C26H37ClN6. The lowest BCUT2D eigenvalue weighted by Crippen LogP contribution is -2.31. The van der Waals surface area contributed by atoms with Crippen molar-refractivity contribution in [2.24, 2.45) is 4.99 Å². The SMILES string of the molecule is CCCN(CCNC)c1ccc(NC2=NC(Nc3cc(C)c(Cl)c(C)c3)CC(C)=CN2)cc1. The molecule has 0 fully saturated rings. The van der Waals surface area contributed by atoms with E-state index in [1.54, 1.807) is 0 Å². The van der Waals surface area contributed by atoms with Gasteiger partial charge in [-0.25, -0.2) is 4.99 Å². The van der Waals surface area contributed by atoms with Crippen LogP contribution in [-0.2, 0) is 0 Å². The van der Waals surface area contributed by atoms with Gasteiger partial charge in [0.15, 0.2) is 0 Å². The van der Waals surface area contributed by atoms with E-state index in [1.165, 1.54) is 11.3 Å². The summed E-state index contributed by atoms with van der Waals surface area (Å²) < 4.78 is 0. The third-order valence-electron chi connectivity index (χ3n) is 5.65. The number of benzene rings is 2. The van der Waals surface area contributed by atoms with Gasteiger partial charge in [0.05, 0.1) is 0 Å². The Balaban J connectivity index is 1.73. The van der Waals surface area contributed by atoms with Crippen LogP contribution in [0.3, 0.4) is 0 Å². The van der Waals surface area contributed by atoms with Crippen LogP contribution in [0.25, 0.3) is 0 Å². The van der Waals surface area contributed by atoms with E-state index in [-0.39, 0.29) is 6.17 Å². The maximum atomic E-state index is 6.34. The summed E-state index contributed by atoms with van der Waals surface area (Å²) in [5.74, 6) is 0.722.